The number of benzene rings is 1. The van der Waals surface area contributed by atoms with Crippen molar-refractivity contribution in [3.05, 3.63) is 65.1 Å². The minimum Gasteiger partial charge on any atom is -0.339 e. The van der Waals surface area contributed by atoms with E-state index in [0.717, 1.165) is 6.07 Å². The van der Waals surface area contributed by atoms with Crippen molar-refractivity contribution >= 4 is 16.9 Å². The number of piperazine rings is 1. The second-order valence-electron chi connectivity index (χ2n) is 9.11. The summed E-state index contributed by atoms with van der Waals surface area (Å²) in [5, 5.41) is 8.68. The van der Waals surface area contributed by atoms with Gasteiger partial charge in [0.1, 0.15) is 6.54 Å². The van der Waals surface area contributed by atoms with Crippen LogP contribution < -0.4 is 0 Å². The standard InChI is InChI=1S/C25H25F4N7O/c1-15-22-18(24(28)29)10-20(17-11-30-33(2)12-17)31-25(22)36(32-15)14-21(37)35-8-6-34(7-9-35)13-16-4-3-5-19(26)23(16)27/h3-5,10-12,24H,6-9,13-14H2,1-2H3. The molecule has 0 N–H and O–H groups in total. The lowest BCUT2D eigenvalue weighted by Crippen LogP contribution is -2.49. The van der Waals surface area contributed by atoms with Crippen LogP contribution in [-0.4, -0.2) is 66.4 Å². The molecule has 5 rings (SSSR count). The summed E-state index contributed by atoms with van der Waals surface area (Å²) in [4.78, 5) is 21.3. The van der Waals surface area contributed by atoms with Crippen LogP contribution in [0.4, 0.5) is 17.6 Å². The zero-order valence-corrected chi connectivity index (χ0v) is 20.3. The third kappa shape index (κ3) is 4.93. The fourth-order valence-electron chi connectivity index (χ4n) is 4.67. The van der Waals surface area contributed by atoms with Crippen molar-refractivity contribution in [2.45, 2.75) is 26.4 Å². The van der Waals surface area contributed by atoms with Crippen molar-refractivity contribution in [1.82, 2.24) is 34.3 Å². The molecule has 1 saturated heterocycles. The molecule has 37 heavy (non-hydrogen) atoms. The lowest BCUT2D eigenvalue weighted by Gasteiger charge is -2.34. The predicted molar refractivity (Wildman–Crippen MR) is 128 cm³/mol. The van der Waals surface area contributed by atoms with Gasteiger partial charge in [-0.15, -0.1) is 0 Å². The Hall–Kier alpha value is -3.80. The Morgan fingerprint density at radius 1 is 1.14 bits per heavy atom. The van der Waals surface area contributed by atoms with Crippen molar-refractivity contribution in [2.24, 2.45) is 7.05 Å². The number of nitrogens with zero attached hydrogens (tertiary/aromatic N) is 7. The van der Waals surface area contributed by atoms with Gasteiger partial charge in [0.05, 0.1) is 23.0 Å². The summed E-state index contributed by atoms with van der Waals surface area (Å²) >= 11 is 0. The van der Waals surface area contributed by atoms with Gasteiger partial charge in [0.25, 0.3) is 6.43 Å². The van der Waals surface area contributed by atoms with Gasteiger partial charge in [0, 0.05) is 62.7 Å². The van der Waals surface area contributed by atoms with Crippen molar-refractivity contribution < 1.29 is 22.4 Å². The normalized spacial score (nSPS) is 14.7. The number of carbonyl (C=O) groups excluding carboxylic acids is 1. The molecule has 194 valence electrons. The van der Waals surface area contributed by atoms with E-state index in [1.54, 1.807) is 35.8 Å². The van der Waals surface area contributed by atoms with Crippen LogP contribution in [0.3, 0.4) is 0 Å². The van der Waals surface area contributed by atoms with E-state index in [9.17, 15) is 22.4 Å². The van der Waals surface area contributed by atoms with E-state index >= 15 is 0 Å². The van der Waals surface area contributed by atoms with Crippen molar-refractivity contribution in [2.75, 3.05) is 26.2 Å². The van der Waals surface area contributed by atoms with E-state index in [0.29, 0.717) is 43.1 Å². The summed E-state index contributed by atoms with van der Waals surface area (Å²) in [6.07, 6.45) is 0.471. The molecule has 0 radical (unpaired) electrons. The van der Waals surface area contributed by atoms with Gasteiger partial charge in [0.15, 0.2) is 17.3 Å². The van der Waals surface area contributed by atoms with Crippen molar-refractivity contribution in [3.8, 4) is 11.3 Å². The number of alkyl halides is 2. The highest BCUT2D eigenvalue weighted by Gasteiger charge is 2.26. The van der Waals surface area contributed by atoms with E-state index in [1.807, 2.05) is 4.90 Å². The highest BCUT2D eigenvalue weighted by molar-refractivity contribution is 5.87. The number of aryl methyl sites for hydroxylation is 2. The molecule has 12 heteroatoms. The van der Waals surface area contributed by atoms with Gasteiger partial charge in [-0.1, -0.05) is 12.1 Å². The monoisotopic (exact) mass is 515 g/mol. The first-order valence-corrected chi connectivity index (χ1v) is 11.8. The molecular weight excluding hydrogens is 490 g/mol. The van der Waals surface area contributed by atoms with Crippen LogP contribution in [0.5, 0.6) is 0 Å². The Labute approximate surface area is 210 Å². The van der Waals surface area contributed by atoms with Gasteiger partial charge < -0.3 is 4.90 Å². The van der Waals surface area contributed by atoms with Gasteiger partial charge in [-0.2, -0.15) is 10.2 Å². The summed E-state index contributed by atoms with van der Waals surface area (Å²) in [5.41, 5.74) is 1.55. The molecule has 0 saturated carbocycles. The zero-order valence-electron chi connectivity index (χ0n) is 20.3. The smallest absolute Gasteiger partial charge is 0.264 e. The zero-order chi connectivity index (χ0) is 26.3. The van der Waals surface area contributed by atoms with Gasteiger partial charge in [-0.3, -0.25) is 14.4 Å². The summed E-state index contributed by atoms with van der Waals surface area (Å²) in [5.74, 6) is -1.97. The first-order chi connectivity index (χ1) is 17.7. The Bertz CT molecular complexity index is 1460. The van der Waals surface area contributed by atoms with Gasteiger partial charge in [-0.25, -0.2) is 27.2 Å². The molecule has 8 nitrogen and oxygen atoms in total. The third-order valence-electron chi connectivity index (χ3n) is 6.58. The second-order valence-corrected chi connectivity index (χ2v) is 9.11. The minimum absolute atomic E-state index is 0.158. The summed E-state index contributed by atoms with van der Waals surface area (Å²) in [6.45, 7) is 3.46. The molecule has 0 aliphatic carbocycles. The summed E-state index contributed by atoms with van der Waals surface area (Å²) in [7, 11) is 1.72. The minimum atomic E-state index is -2.75. The maximum absolute atomic E-state index is 14.0. The second kappa shape index (κ2) is 9.92. The fourth-order valence-corrected chi connectivity index (χ4v) is 4.67. The Morgan fingerprint density at radius 3 is 2.57 bits per heavy atom. The van der Waals surface area contributed by atoms with Crippen LogP contribution in [0.2, 0.25) is 0 Å². The summed E-state index contributed by atoms with van der Waals surface area (Å²) in [6, 6.07) is 5.43. The van der Waals surface area contributed by atoms with Gasteiger partial charge >= 0.3 is 0 Å². The number of hydrogen-bond donors (Lipinski definition) is 0. The van der Waals surface area contributed by atoms with E-state index in [2.05, 4.69) is 15.2 Å². The third-order valence-corrected chi connectivity index (χ3v) is 6.58. The quantitative estimate of drug-likeness (QED) is 0.366. The molecule has 0 spiro atoms. The molecule has 1 aliphatic rings. The molecule has 0 unspecified atom stereocenters. The van der Waals surface area contributed by atoms with Crippen LogP contribution in [0, 0.1) is 18.6 Å². The van der Waals surface area contributed by atoms with Crippen LogP contribution >= 0.6 is 0 Å². The first-order valence-electron chi connectivity index (χ1n) is 11.8. The number of fused-ring (bicyclic) bond motifs is 1. The average molecular weight is 516 g/mol. The molecule has 1 fully saturated rings. The molecule has 4 aromatic rings. The average Bonchev–Trinajstić information content (AvgIpc) is 3.44. The molecule has 1 aliphatic heterocycles. The highest BCUT2D eigenvalue weighted by atomic mass is 19.3. The molecule has 0 bridgehead atoms. The number of aromatic nitrogens is 5. The van der Waals surface area contributed by atoms with Crippen LogP contribution in [-0.2, 0) is 24.9 Å². The molecule has 0 atom stereocenters. The van der Waals surface area contributed by atoms with Crippen molar-refractivity contribution in [3.63, 3.8) is 0 Å². The highest BCUT2D eigenvalue weighted by Crippen LogP contribution is 2.33. The number of pyridine rings is 1. The summed E-state index contributed by atoms with van der Waals surface area (Å²) < 4.78 is 58.4. The maximum atomic E-state index is 14.0. The topological polar surface area (TPSA) is 72.1 Å². The largest absolute Gasteiger partial charge is 0.339 e. The number of carbonyl (C=O) groups is 1. The number of amides is 1. The Balaban J connectivity index is 1.33. The molecule has 1 aromatic carbocycles. The molecule has 4 heterocycles. The lowest BCUT2D eigenvalue weighted by molar-refractivity contribution is -0.133. The van der Waals surface area contributed by atoms with Crippen molar-refractivity contribution in [1.29, 1.82) is 0 Å². The number of hydrogen-bond acceptors (Lipinski definition) is 5. The fraction of sp³-hybridized carbons (Fsp3) is 0.360. The SMILES string of the molecule is Cc1nn(CC(=O)N2CCN(Cc3cccc(F)c3F)CC2)c2nc(-c3cnn(C)c3)cc(C(F)F)c12. The Kier molecular flexibility index (Phi) is 6.67. The predicted octanol–water partition coefficient (Wildman–Crippen LogP) is 3.70. The van der Waals surface area contributed by atoms with Crippen LogP contribution in [0.15, 0.2) is 36.7 Å². The van der Waals surface area contributed by atoms with Crippen LogP contribution in [0.1, 0.15) is 23.2 Å². The molecular formula is C25H25F4N7O. The number of rotatable bonds is 6. The molecule has 1 amide bonds. The van der Waals surface area contributed by atoms with Crippen LogP contribution in [0.25, 0.3) is 22.3 Å². The van der Waals surface area contributed by atoms with E-state index in [-0.39, 0.29) is 41.2 Å². The van der Waals surface area contributed by atoms with E-state index in [1.165, 1.54) is 23.0 Å². The maximum Gasteiger partial charge on any atom is 0.264 e. The van der Waals surface area contributed by atoms with Gasteiger partial charge in [0.2, 0.25) is 5.91 Å². The number of halogens is 4. The lowest BCUT2D eigenvalue weighted by atomic mass is 10.1. The van der Waals surface area contributed by atoms with E-state index < -0.39 is 18.1 Å². The first kappa shape index (κ1) is 24.9. The van der Waals surface area contributed by atoms with E-state index in [4.69, 9.17) is 0 Å². The Morgan fingerprint density at radius 2 is 1.89 bits per heavy atom. The molecule has 3 aromatic heterocycles. The van der Waals surface area contributed by atoms with Gasteiger partial charge in [-0.05, 0) is 19.1 Å².